The molecule has 2 aliphatic heterocycles. The van der Waals surface area contributed by atoms with E-state index in [0.717, 1.165) is 43.1 Å². The van der Waals surface area contributed by atoms with Gasteiger partial charge in [0.25, 0.3) is 11.8 Å². The zero-order chi connectivity index (χ0) is 26.3. The largest absolute Gasteiger partial charge is 0.319 e. The maximum absolute atomic E-state index is 13.6. The number of benzene rings is 2. The van der Waals surface area contributed by atoms with Crippen LogP contribution >= 0.6 is 22.9 Å². The van der Waals surface area contributed by atoms with E-state index in [0.29, 0.717) is 26.8 Å². The average molecular weight is 537 g/mol. The van der Waals surface area contributed by atoms with Crippen LogP contribution in [0.15, 0.2) is 42.5 Å². The first kappa shape index (κ1) is 25.6. The third-order valence-corrected chi connectivity index (χ3v) is 8.77. The highest BCUT2D eigenvalue weighted by atomic mass is 35.5. The number of anilines is 1. The molecule has 1 fully saturated rings. The number of rotatable bonds is 6. The third-order valence-electron chi connectivity index (χ3n) is 7.17. The fraction of sp³-hybridized carbons (Fsp3) is 0.357. The molecule has 2 amide bonds. The van der Waals surface area contributed by atoms with Gasteiger partial charge in [0.05, 0.1) is 10.6 Å². The van der Waals surface area contributed by atoms with Gasteiger partial charge in [-0.25, -0.2) is 4.98 Å². The Labute approximate surface area is 225 Å². The summed E-state index contributed by atoms with van der Waals surface area (Å²) in [7, 11) is 0. The van der Waals surface area contributed by atoms with Crippen LogP contribution in [0.1, 0.15) is 68.2 Å². The van der Waals surface area contributed by atoms with Crippen molar-refractivity contribution in [2.24, 2.45) is 0 Å². The molecule has 1 saturated heterocycles. The first-order chi connectivity index (χ1) is 17.7. The minimum Gasteiger partial charge on any atom is -0.319 e. The number of carbonyl (C=O) groups excluding carboxylic acids is 3. The summed E-state index contributed by atoms with van der Waals surface area (Å²) >= 11 is 7.34. The van der Waals surface area contributed by atoms with E-state index >= 15 is 0 Å². The van der Waals surface area contributed by atoms with Crippen molar-refractivity contribution in [2.45, 2.75) is 52.2 Å². The molecule has 1 atom stereocenters. The quantitative estimate of drug-likeness (QED) is 0.426. The number of nitrogens with one attached hydrogen (secondary N) is 1. The number of Topliss-reactive ketones (excluding diaryl/α,β-unsaturated/α-hetero) is 1. The Bertz CT molecular complexity index is 1380. The van der Waals surface area contributed by atoms with Gasteiger partial charge < -0.3 is 4.90 Å². The van der Waals surface area contributed by atoms with Crippen molar-refractivity contribution in [3.05, 3.63) is 80.3 Å². The number of thiazole rings is 1. The zero-order valence-electron chi connectivity index (χ0n) is 21.1. The van der Waals surface area contributed by atoms with Crippen molar-refractivity contribution in [1.82, 2.24) is 14.8 Å². The van der Waals surface area contributed by atoms with Crippen molar-refractivity contribution in [2.75, 3.05) is 18.4 Å². The SMILES string of the molecule is CC(=O)c1sc(NC(=O)C2c3ccccc3C(=O)N2C2CCN(Cc3ccc(Cl)c(C)c3)CC2)nc1C. The Morgan fingerprint density at radius 1 is 1.14 bits per heavy atom. The highest BCUT2D eigenvalue weighted by molar-refractivity contribution is 7.17. The normalized spacial score (nSPS) is 18.2. The molecule has 37 heavy (non-hydrogen) atoms. The number of hydrogen-bond acceptors (Lipinski definition) is 6. The third kappa shape index (κ3) is 5.06. The highest BCUT2D eigenvalue weighted by Gasteiger charge is 2.45. The van der Waals surface area contributed by atoms with Gasteiger partial charge in [0, 0.05) is 43.2 Å². The predicted octanol–water partition coefficient (Wildman–Crippen LogP) is 5.42. The van der Waals surface area contributed by atoms with E-state index in [-0.39, 0.29) is 23.6 Å². The summed E-state index contributed by atoms with van der Waals surface area (Å²) < 4.78 is 0. The van der Waals surface area contributed by atoms with Crippen LogP contribution in [-0.2, 0) is 11.3 Å². The Hall–Kier alpha value is -3.07. The molecule has 0 bridgehead atoms. The fourth-order valence-electron chi connectivity index (χ4n) is 5.35. The van der Waals surface area contributed by atoms with Gasteiger partial charge in [0.1, 0.15) is 6.04 Å². The second kappa shape index (κ2) is 10.4. The molecule has 0 saturated carbocycles. The van der Waals surface area contributed by atoms with E-state index < -0.39 is 6.04 Å². The number of carbonyl (C=O) groups is 3. The Kier molecular flexibility index (Phi) is 7.16. The van der Waals surface area contributed by atoms with Crippen LogP contribution in [0.3, 0.4) is 0 Å². The van der Waals surface area contributed by atoms with Crippen LogP contribution in [0.4, 0.5) is 5.13 Å². The molecule has 1 N–H and O–H groups in total. The van der Waals surface area contributed by atoms with Crippen molar-refractivity contribution in [3.8, 4) is 0 Å². The number of fused-ring (bicyclic) bond motifs is 1. The number of likely N-dealkylation sites (tertiary alicyclic amines) is 1. The van der Waals surface area contributed by atoms with Crippen molar-refractivity contribution < 1.29 is 14.4 Å². The number of piperidine rings is 1. The smallest absolute Gasteiger partial charge is 0.255 e. The molecule has 3 aromatic rings. The van der Waals surface area contributed by atoms with Gasteiger partial charge in [-0.1, -0.05) is 53.3 Å². The highest BCUT2D eigenvalue weighted by Crippen LogP contribution is 2.39. The summed E-state index contributed by atoms with van der Waals surface area (Å²) in [6.07, 6.45) is 1.56. The molecule has 0 aliphatic carbocycles. The molecule has 9 heteroatoms. The van der Waals surface area contributed by atoms with Gasteiger partial charge in [0.2, 0.25) is 0 Å². The van der Waals surface area contributed by atoms with E-state index in [1.54, 1.807) is 17.9 Å². The maximum atomic E-state index is 13.6. The topological polar surface area (TPSA) is 82.6 Å². The molecule has 1 aromatic heterocycles. The summed E-state index contributed by atoms with van der Waals surface area (Å²) in [4.78, 5) is 48.0. The van der Waals surface area contributed by atoms with Crippen molar-refractivity contribution in [3.63, 3.8) is 0 Å². The van der Waals surface area contributed by atoms with Gasteiger partial charge in [-0.3, -0.25) is 24.6 Å². The maximum Gasteiger partial charge on any atom is 0.255 e. The monoisotopic (exact) mass is 536 g/mol. The average Bonchev–Trinajstić information content (AvgIpc) is 3.39. The predicted molar refractivity (Wildman–Crippen MR) is 145 cm³/mol. The van der Waals surface area contributed by atoms with Gasteiger partial charge in [-0.2, -0.15) is 0 Å². The van der Waals surface area contributed by atoms with Gasteiger partial charge in [0.15, 0.2) is 10.9 Å². The second-order valence-corrected chi connectivity index (χ2v) is 11.2. The second-order valence-electron chi connectivity index (χ2n) is 9.77. The van der Waals surface area contributed by atoms with Gasteiger partial charge in [-0.15, -0.1) is 0 Å². The van der Waals surface area contributed by atoms with Crippen LogP contribution in [-0.4, -0.2) is 51.5 Å². The Balaban J connectivity index is 1.33. The summed E-state index contributed by atoms with van der Waals surface area (Å²) in [5.74, 6) is -0.498. The van der Waals surface area contributed by atoms with Gasteiger partial charge >= 0.3 is 0 Å². The minimum atomic E-state index is -0.732. The van der Waals surface area contributed by atoms with Crippen LogP contribution in [0.25, 0.3) is 0 Å². The number of nitrogens with zero attached hydrogens (tertiary/aromatic N) is 3. The van der Waals surface area contributed by atoms with Crippen LogP contribution in [0, 0.1) is 13.8 Å². The lowest BCUT2D eigenvalue weighted by Gasteiger charge is -2.39. The molecular formula is C28H29ClN4O3S. The fourth-order valence-corrected chi connectivity index (χ4v) is 6.33. The molecule has 0 spiro atoms. The summed E-state index contributed by atoms with van der Waals surface area (Å²) in [5.41, 5.74) is 4.15. The summed E-state index contributed by atoms with van der Waals surface area (Å²) in [5, 5.41) is 4.02. The first-order valence-corrected chi connectivity index (χ1v) is 13.6. The lowest BCUT2D eigenvalue weighted by molar-refractivity contribution is -0.121. The molecule has 3 heterocycles. The number of aryl methyl sites for hydroxylation is 2. The van der Waals surface area contributed by atoms with Crippen LogP contribution in [0.5, 0.6) is 0 Å². The molecule has 2 aliphatic rings. The Morgan fingerprint density at radius 3 is 2.54 bits per heavy atom. The molecule has 1 unspecified atom stereocenters. The number of ketones is 1. The van der Waals surface area contributed by atoms with E-state index in [2.05, 4.69) is 27.3 Å². The van der Waals surface area contributed by atoms with Crippen LogP contribution in [0.2, 0.25) is 5.02 Å². The molecule has 7 nitrogen and oxygen atoms in total. The van der Waals surface area contributed by atoms with E-state index in [1.165, 1.54) is 23.8 Å². The first-order valence-electron chi connectivity index (χ1n) is 12.4. The molecule has 5 rings (SSSR count). The summed E-state index contributed by atoms with van der Waals surface area (Å²) in [6, 6.07) is 12.7. The summed E-state index contributed by atoms with van der Waals surface area (Å²) in [6.45, 7) is 7.73. The minimum absolute atomic E-state index is 0.0512. The van der Waals surface area contributed by atoms with Gasteiger partial charge in [-0.05, 0) is 55.5 Å². The Morgan fingerprint density at radius 2 is 1.86 bits per heavy atom. The molecular weight excluding hydrogens is 508 g/mol. The number of aromatic nitrogens is 1. The number of hydrogen-bond donors (Lipinski definition) is 1. The van der Waals surface area contributed by atoms with E-state index in [4.69, 9.17) is 11.6 Å². The lowest BCUT2D eigenvalue weighted by Crippen LogP contribution is -2.48. The number of amides is 2. The molecule has 2 aromatic carbocycles. The lowest BCUT2D eigenvalue weighted by atomic mass is 9.99. The standard InChI is InChI=1S/C28H29ClN4O3S/c1-16-14-19(8-9-23(16)29)15-32-12-10-20(11-13-32)33-24(21-6-4-5-7-22(21)27(33)36)26(35)31-28-30-17(2)25(37-28)18(3)34/h4-9,14,20,24H,10-13,15H2,1-3H3,(H,30,31,35). The van der Waals surface area contributed by atoms with E-state index in [9.17, 15) is 14.4 Å². The van der Waals surface area contributed by atoms with Crippen LogP contribution < -0.4 is 5.32 Å². The molecule has 192 valence electrons. The van der Waals surface area contributed by atoms with E-state index in [1.807, 2.05) is 31.2 Å². The molecule has 0 radical (unpaired) electrons. The zero-order valence-corrected chi connectivity index (χ0v) is 22.7. The van der Waals surface area contributed by atoms with Crippen molar-refractivity contribution >= 4 is 45.7 Å². The number of halogens is 1. The van der Waals surface area contributed by atoms with Crippen molar-refractivity contribution in [1.29, 1.82) is 0 Å².